The highest BCUT2D eigenvalue weighted by atomic mass is 14.8. The maximum Gasteiger partial charge on any atom is 0.0922 e. The summed E-state index contributed by atoms with van der Waals surface area (Å²) in [6.45, 7) is 1.81. The molecule has 0 rings (SSSR count). The van der Waals surface area contributed by atoms with Crippen LogP contribution in [0.15, 0.2) is 0 Å². The Kier molecular flexibility index (Phi) is 2.43. The van der Waals surface area contributed by atoms with Crippen molar-refractivity contribution in [1.29, 1.82) is 5.26 Å². The van der Waals surface area contributed by atoms with E-state index in [1.54, 1.807) is 14.0 Å². The van der Waals surface area contributed by atoms with E-state index in [4.69, 9.17) is 5.26 Å². The van der Waals surface area contributed by atoms with Gasteiger partial charge in [0.25, 0.3) is 0 Å². The molecule has 2 nitrogen and oxygen atoms in total. The highest BCUT2D eigenvalue weighted by Crippen LogP contribution is 1.67. The smallest absolute Gasteiger partial charge is 0.0922 e. The van der Waals surface area contributed by atoms with Gasteiger partial charge < -0.3 is 5.32 Å². The molecule has 0 aromatic heterocycles. The van der Waals surface area contributed by atoms with Crippen LogP contribution in [-0.4, -0.2) is 13.1 Å². The van der Waals surface area contributed by atoms with Crippen molar-refractivity contribution in [3.8, 4) is 6.07 Å². The molecule has 0 spiro atoms. The van der Waals surface area contributed by atoms with Gasteiger partial charge in [-0.05, 0) is 14.0 Å². The van der Waals surface area contributed by atoms with Crippen molar-refractivity contribution in [1.82, 2.24) is 5.32 Å². The van der Waals surface area contributed by atoms with Crippen LogP contribution in [-0.2, 0) is 0 Å². The molecule has 0 radical (unpaired) electrons. The molecule has 0 saturated carbocycles. The molecular weight excluding hydrogens is 76.1 g/mol. The van der Waals surface area contributed by atoms with Crippen LogP contribution in [0.2, 0.25) is 0 Å². The fourth-order valence-electron chi connectivity index (χ4n) is 0.0645. The van der Waals surface area contributed by atoms with E-state index < -0.39 is 0 Å². The molecule has 0 aromatic carbocycles. The molecule has 0 aromatic rings. The van der Waals surface area contributed by atoms with Crippen LogP contribution in [0, 0.1) is 11.3 Å². The predicted octanol–water partition coefficient (Wildman–Crippen LogP) is 0.118. The molecule has 0 aliphatic rings. The first kappa shape index (κ1) is 5.45. The fourth-order valence-corrected chi connectivity index (χ4v) is 0.0645. The Balaban J connectivity index is 3.04. The Labute approximate surface area is 37.8 Å². The second kappa shape index (κ2) is 2.67. The SMILES string of the molecule is CNC(C)C#N. The Morgan fingerprint density at radius 1 is 1.83 bits per heavy atom. The van der Waals surface area contributed by atoms with Crippen LogP contribution >= 0.6 is 0 Å². The van der Waals surface area contributed by atoms with Gasteiger partial charge >= 0.3 is 0 Å². The average molecular weight is 84.1 g/mol. The van der Waals surface area contributed by atoms with Crippen molar-refractivity contribution in [2.24, 2.45) is 0 Å². The summed E-state index contributed by atoms with van der Waals surface area (Å²) in [6.07, 6.45) is 0. The first-order chi connectivity index (χ1) is 2.81. The standard InChI is InChI=1S/C4H8N2/c1-4(3-5)6-2/h4,6H,1-2H3. The van der Waals surface area contributed by atoms with Crippen LogP contribution in [0.4, 0.5) is 0 Å². The van der Waals surface area contributed by atoms with Crippen LogP contribution in [0.25, 0.3) is 0 Å². The van der Waals surface area contributed by atoms with Crippen molar-refractivity contribution in [3.63, 3.8) is 0 Å². The second-order valence-electron chi connectivity index (χ2n) is 1.14. The molecule has 1 atom stereocenters. The van der Waals surface area contributed by atoms with Gasteiger partial charge in [-0.15, -0.1) is 0 Å². The van der Waals surface area contributed by atoms with Crippen molar-refractivity contribution in [2.45, 2.75) is 13.0 Å². The molecular formula is C4H8N2. The summed E-state index contributed by atoms with van der Waals surface area (Å²) in [7, 11) is 1.76. The first-order valence-electron chi connectivity index (χ1n) is 1.88. The van der Waals surface area contributed by atoms with Crippen molar-refractivity contribution < 1.29 is 0 Å². The number of nitrogens with one attached hydrogen (secondary N) is 1. The zero-order valence-corrected chi connectivity index (χ0v) is 4.02. The highest BCUT2D eigenvalue weighted by molar-refractivity contribution is 4.83. The van der Waals surface area contributed by atoms with Gasteiger partial charge in [-0.2, -0.15) is 5.26 Å². The molecule has 0 amide bonds. The fraction of sp³-hybridized carbons (Fsp3) is 0.750. The van der Waals surface area contributed by atoms with Crippen LogP contribution in [0.3, 0.4) is 0 Å². The molecule has 1 unspecified atom stereocenters. The van der Waals surface area contributed by atoms with Gasteiger partial charge in [0.05, 0.1) is 12.1 Å². The maximum absolute atomic E-state index is 8.02. The zero-order chi connectivity index (χ0) is 4.99. The number of rotatable bonds is 1. The van der Waals surface area contributed by atoms with E-state index in [1.807, 2.05) is 6.07 Å². The quantitative estimate of drug-likeness (QED) is 0.489. The van der Waals surface area contributed by atoms with E-state index in [0.29, 0.717) is 0 Å². The van der Waals surface area contributed by atoms with E-state index in [0.717, 1.165) is 0 Å². The third-order valence-corrected chi connectivity index (χ3v) is 0.627. The Morgan fingerprint density at radius 2 is 2.33 bits per heavy atom. The molecule has 0 aliphatic heterocycles. The van der Waals surface area contributed by atoms with Gasteiger partial charge in [0, 0.05) is 0 Å². The summed E-state index contributed by atoms with van der Waals surface area (Å²) in [5.41, 5.74) is 0. The van der Waals surface area contributed by atoms with E-state index in [2.05, 4.69) is 5.32 Å². The molecule has 1 N–H and O–H groups in total. The number of nitriles is 1. The molecule has 0 aliphatic carbocycles. The van der Waals surface area contributed by atoms with Gasteiger partial charge in [-0.25, -0.2) is 0 Å². The molecule has 2 heteroatoms. The number of hydrogen-bond donors (Lipinski definition) is 1. The molecule has 0 bridgehead atoms. The number of nitrogens with zero attached hydrogens (tertiary/aromatic N) is 1. The molecule has 0 saturated heterocycles. The Morgan fingerprint density at radius 3 is 2.33 bits per heavy atom. The lowest BCUT2D eigenvalue weighted by Crippen LogP contribution is -2.17. The third-order valence-electron chi connectivity index (χ3n) is 0.627. The molecule has 0 fully saturated rings. The van der Waals surface area contributed by atoms with Gasteiger partial charge in [0.1, 0.15) is 0 Å². The van der Waals surface area contributed by atoms with Crippen LogP contribution in [0.1, 0.15) is 6.92 Å². The van der Waals surface area contributed by atoms with E-state index in [-0.39, 0.29) is 6.04 Å². The Bertz CT molecular complexity index is 62.4. The summed E-state index contributed by atoms with van der Waals surface area (Å²) >= 11 is 0. The number of hydrogen-bond acceptors (Lipinski definition) is 2. The first-order valence-corrected chi connectivity index (χ1v) is 1.88. The second-order valence-corrected chi connectivity index (χ2v) is 1.14. The summed E-state index contributed by atoms with van der Waals surface area (Å²) in [5.74, 6) is 0. The summed E-state index contributed by atoms with van der Waals surface area (Å²) in [5, 5.41) is 10.8. The lowest BCUT2D eigenvalue weighted by Gasteiger charge is -1.92. The molecule has 6 heavy (non-hydrogen) atoms. The summed E-state index contributed by atoms with van der Waals surface area (Å²) in [6, 6.07) is 1.99. The largest absolute Gasteiger partial charge is 0.305 e. The van der Waals surface area contributed by atoms with Crippen LogP contribution < -0.4 is 5.32 Å². The third kappa shape index (κ3) is 1.74. The van der Waals surface area contributed by atoms with E-state index in [1.165, 1.54) is 0 Å². The predicted molar refractivity (Wildman–Crippen MR) is 24.1 cm³/mol. The minimum Gasteiger partial charge on any atom is -0.305 e. The van der Waals surface area contributed by atoms with Gasteiger partial charge in [0.15, 0.2) is 0 Å². The van der Waals surface area contributed by atoms with Crippen molar-refractivity contribution in [3.05, 3.63) is 0 Å². The topological polar surface area (TPSA) is 35.8 Å². The van der Waals surface area contributed by atoms with Crippen molar-refractivity contribution in [2.75, 3.05) is 7.05 Å². The van der Waals surface area contributed by atoms with Gasteiger partial charge in [-0.3, -0.25) is 0 Å². The minimum atomic E-state index is -0.00926. The highest BCUT2D eigenvalue weighted by Gasteiger charge is 1.86. The van der Waals surface area contributed by atoms with Crippen LogP contribution in [0.5, 0.6) is 0 Å². The monoisotopic (exact) mass is 84.1 g/mol. The van der Waals surface area contributed by atoms with E-state index in [9.17, 15) is 0 Å². The maximum atomic E-state index is 8.02. The van der Waals surface area contributed by atoms with Crippen molar-refractivity contribution >= 4 is 0 Å². The average Bonchev–Trinajstić information content (AvgIpc) is 1.65. The summed E-state index contributed by atoms with van der Waals surface area (Å²) < 4.78 is 0. The zero-order valence-electron chi connectivity index (χ0n) is 4.02. The summed E-state index contributed by atoms with van der Waals surface area (Å²) in [4.78, 5) is 0. The lowest BCUT2D eigenvalue weighted by molar-refractivity contribution is 0.741. The normalized spacial score (nSPS) is 12.8. The van der Waals surface area contributed by atoms with E-state index >= 15 is 0 Å². The lowest BCUT2D eigenvalue weighted by atomic mass is 10.4. The Hall–Kier alpha value is -0.550. The molecule has 0 heterocycles. The van der Waals surface area contributed by atoms with Gasteiger partial charge in [0.2, 0.25) is 0 Å². The molecule has 34 valence electrons. The van der Waals surface area contributed by atoms with Gasteiger partial charge in [-0.1, -0.05) is 0 Å². The minimum absolute atomic E-state index is 0.00926.